The minimum absolute atomic E-state index is 0. The van der Waals surface area contributed by atoms with Gasteiger partial charge in [-0.1, -0.05) is 19.4 Å². The molecular weight excluding hydrogens is 481 g/mol. The number of hydrogen-bond donors (Lipinski definition) is 0. The van der Waals surface area contributed by atoms with Gasteiger partial charge < -0.3 is 0 Å². The third-order valence-corrected chi connectivity index (χ3v) is 8.45. The Morgan fingerprint density at radius 1 is 1.04 bits per heavy atom. The van der Waals surface area contributed by atoms with Crippen molar-refractivity contribution in [3.63, 3.8) is 0 Å². The van der Waals surface area contributed by atoms with Crippen LogP contribution in [0.4, 0.5) is 0 Å². The van der Waals surface area contributed by atoms with Gasteiger partial charge in [-0.25, -0.2) is 0 Å². The Labute approximate surface area is 161 Å². The zero-order valence-corrected chi connectivity index (χ0v) is 17.3. The van der Waals surface area contributed by atoms with Gasteiger partial charge in [0.25, 0.3) is 0 Å². The average molecular weight is 511 g/mol. The Balaban J connectivity index is 0.00000169. The summed E-state index contributed by atoms with van der Waals surface area (Å²) in [5.41, 5.74) is 1.95. The topological polar surface area (TPSA) is 34.1 Å². The summed E-state index contributed by atoms with van der Waals surface area (Å²) in [6.45, 7) is 6.65. The first-order valence-corrected chi connectivity index (χ1v) is 9.60. The molecule has 0 heterocycles. The fourth-order valence-electron chi connectivity index (χ4n) is 7.23. The molecule has 0 aromatic heterocycles. The van der Waals surface area contributed by atoms with Gasteiger partial charge >= 0.3 is 0 Å². The Hall–Kier alpha value is -0.180. The van der Waals surface area contributed by atoms with Crippen LogP contribution in [0.2, 0.25) is 0 Å². The first kappa shape index (κ1) is 18.6. The third-order valence-electron chi connectivity index (χ3n) is 8.45. The molecule has 3 heteroatoms. The van der Waals surface area contributed by atoms with Gasteiger partial charge in [-0.3, -0.25) is 9.59 Å². The minimum Gasteiger partial charge on any atom is -0.300 e. The van der Waals surface area contributed by atoms with Crippen molar-refractivity contribution in [2.24, 2.45) is 34.5 Å². The summed E-state index contributed by atoms with van der Waals surface area (Å²) < 4.78 is 0. The smallest absolute Gasteiger partial charge is 0.155 e. The van der Waals surface area contributed by atoms with Gasteiger partial charge in [-0.15, -0.1) is 0 Å². The van der Waals surface area contributed by atoms with E-state index in [9.17, 15) is 9.59 Å². The molecular formula is C21H30AuO2. The molecule has 0 amide bonds. The second kappa shape index (κ2) is 6.21. The monoisotopic (exact) mass is 511 g/mol. The molecule has 137 valence electrons. The van der Waals surface area contributed by atoms with Crippen molar-refractivity contribution in [2.45, 2.75) is 72.1 Å². The summed E-state index contributed by atoms with van der Waals surface area (Å²) in [5, 5.41) is 0. The molecule has 0 aromatic carbocycles. The predicted octanol–water partition coefficient (Wildman–Crippen LogP) is 4.72. The zero-order chi connectivity index (χ0) is 16.4. The van der Waals surface area contributed by atoms with Crippen LogP contribution in [0.25, 0.3) is 0 Å². The standard InChI is InChI=1S/C21H30O2.Au/c1-13(22)17-6-7-18-16-5-4-14-12-15(23)8-10-20(14,2)19(16)9-11-21(17,18)3;/h12,16-19H,4-11H2,1-3H3;/t16-,17+,18-,19-,20-,21+;/m0./s1. The summed E-state index contributed by atoms with van der Waals surface area (Å²) in [6, 6.07) is 0. The van der Waals surface area contributed by atoms with Crippen molar-refractivity contribution in [2.75, 3.05) is 0 Å². The Morgan fingerprint density at radius 3 is 2.50 bits per heavy atom. The van der Waals surface area contributed by atoms with Crippen molar-refractivity contribution in [3.05, 3.63) is 11.6 Å². The van der Waals surface area contributed by atoms with Crippen molar-refractivity contribution in [3.8, 4) is 0 Å². The Morgan fingerprint density at radius 2 is 1.79 bits per heavy atom. The number of carbonyl (C=O) groups is 2. The second-order valence-corrected chi connectivity index (χ2v) is 9.25. The van der Waals surface area contributed by atoms with E-state index in [-0.39, 0.29) is 33.2 Å². The number of ketones is 2. The fourth-order valence-corrected chi connectivity index (χ4v) is 7.23. The van der Waals surface area contributed by atoms with Gasteiger partial charge in [-0.05, 0) is 86.5 Å². The molecule has 0 aromatic rings. The molecule has 0 bridgehead atoms. The van der Waals surface area contributed by atoms with Gasteiger partial charge in [0, 0.05) is 34.7 Å². The quantitative estimate of drug-likeness (QED) is 0.478. The van der Waals surface area contributed by atoms with E-state index in [4.69, 9.17) is 0 Å². The van der Waals surface area contributed by atoms with E-state index in [2.05, 4.69) is 13.8 Å². The fraction of sp³-hybridized carbons (Fsp3) is 0.810. The summed E-state index contributed by atoms with van der Waals surface area (Å²) >= 11 is 0. The number of allylic oxidation sites excluding steroid dienone is 1. The average Bonchev–Trinajstić information content (AvgIpc) is 2.85. The minimum atomic E-state index is 0. The van der Waals surface area contributed by atoms with E-state index in [0.29, 0.717) is 17.5 Å². The number of carbonyl (C=O) groups excluding carboxylic acids is 2. The molecule has 3 saturated carbocycles. The second-order valence-electron chi connectivity index (χ2n) is 9.25. The van der Waals surface area contributed by atoms with Gasteiger partial charge in [-0.2, -0.15) is 0 Å². The van der Waals surface area contributed by atoms with Crippen LogP contribution < -0.4 is 0 Å². The maximum Gasteiger partial charge on any atom is 0.155 e. The SMILES string of the molecule is CC(=O)[C@H]1CC[C@H]2[C@@H]3CCC4=CC(=O)CC[C@]4(C)[C@H]3CC[C@]12C.[Au]. The largest absolute Gasteiger partial charge is 0.300 e. The van der Waals surface area contributed by atoms with E-state index in [1.807, 2.05) is 6.08 Å². The molecule has 3 fully saturated rings. The first-order chi connectivity index (χ1) is 10.9. The molecule has 24 heavy (non-hydrogen) atoms. The van der Waals surface area contributed by atoms with Crippen molar-refractivity contribution < 1.29 is 32.0 Å². The van der Waals surface area contributed by atoms with Gasteiger partial charge in [0.1, 0.15) is 5.78 Å². The third kappa shape index (κ3) is 2.47. The summed E-state index contributed by atoms with van der Waals surface area (Å²) in [6.07, 6.45) is 10.9. The predicted molar refractivity (Wildman–Crippen MR) is 90.9 cm³/mol. The van der Waals surface area contributed by atoms with Gasteiger partial charge in [0.05, 0.1) is 0 Å². The molecule has 0 unspecified atom stereocenters. The molecule has 0 saturated heterocycles. The summed E-state index contributed by atoms with van der Waals surface area (Å²) in [5.74, 6) is 3.29. The van der Waals surface area contributed by atoms with E-state index in [1.54, 1.807) is 6.92 Å². The van der Waals surface area contributed by atoms with Crippen molar-refractivity contribution in [1.82, 2.24) is 0 Å². The molecule has 0 aliphatic heterocycles. The zero-order valence-electron chi connectivity index (χ0n) is 15.2. The number of Topliss-reactive ketones (excluding diaryl/α,β-unsaturated/α-hetero) is 1. The molecule has 0 N–H and O–H groups in total. The molecule has 1 radical (unpaired) electrons. The van der Waals surface area contributed by atoms with Gasteiger partial charge in [0.15, 0.2) is 5.78 Å². The van der Waals surface area contributed by atoms with Crippen molar-refractivity contribution >= 4 is 11.6 Å². The summed E-state index contributed by atoms with van der Waals surface area (Å²) in [4.78, 5) is 24.0. The van der Waals surface area contributed by atoms with Crippen LogP contribution >= 0.6 is 0 Å². The number of rotatable bonds is 1. The van der Waals surface area contributed by atoms with Crippen LogP contribution in [0.3, 0.4) is 0 Å². The maximum absolute atomic E-state index is 12.1. The van der Waals surface area contributed by atoms with Crippen LogP contribution in [-0.4, -0.2) is 11.6 Å². The Bertz CT molecular complexity index is 595. The van der Waals surface area contributed by atoms with E-state index in [0.717, 1.165) is 43.4 Å². The van der Waals surface area contributed by atoms with E-state index in [1.165, 1.54) is 31.3 Å². The number of hydrogen-bond acceptors (Lipinski definition) is 2. The maximum atomic E-state index is 12.1. The van der Waals surface area contributed by atoms with Crippen LogP contribution in [0, 0.1) is 34.5 Å². The van der Waals surface area contributed by atoms with Crippen LogP contribution in [0.5, 0.6) is 0 Å². The van der Waals surface area contributed by atoms with Crippen LogP contribution in [0.1, 0.15) is 72.1 Å². The molecule has 6 atom stereocenters. The van der Waals surface area contributed by atoms with Crippen LogP contribution in [-0.2, 0) is 32.0 Å². The van der Waals surface area contributed by atoms with Gasteiger partial charge in [0.2, 0.25) is 0 Å². The van der Waals surface area contributed by atoms with E-state index >= 15 is 0 Å². The van der Waals surface area contributed by atoms with E-state index < -0.39 is 0 Å². The van der Waals surface area contributed by atoms with Crippen molar-refractivity contribution in [1.29, 1.82) is 0 Å². The Kier molecular flexibility index (Phi) is 4.82. The first-order valence-electron chi connectivity index (χ1n) is 9.60. The number of fused-ring (bicyclic) bond motifs is 5. The summed E-state index contributed by atoms with van der Waals surface area (Å²) in [7, 11) is 0. The molecule has 0 spiro atoms. The molecule has 4 aliphatic rings. The molecule has 2 nitrogen and oxygen atoms in total. The molecule has 4 rings (SSSR count). The van der Waals surface area contributed by atoms with Crippen LogP contribution in [0.15, 0.2) is 11.6 Å². The normalized spacial score (nSPS) is 47.0. The molecule has 4 aliphatic carbocycles.